The second-order valence-corrected chi connectivity index (χ2v) is 4.70. The summed E-state index contributed by atoms with van der Waals surface area (Å²) in [5, 5.41) is 3.32. The molecule has 2 aromatic rings. The van der Waals surface area contributed by atoms with Crippen molar-refractivity contribution in [1.82, 2.24) is 9.97 Å². The van der Waals surface area contributed by atoms with Crippen molar-refractivity contribution in [2.75, 3.05) is 11.9 Å². The van der Waals surface area contributed by atoms with Gasteiger partial charge in [0, 0.05) is 6.54 Å². The highest BCUT2D eigenvalue weighted by Gasteiger charge is 2.11. The van der Waals surface area contributed by atoms with Crippen molar-refractivity contribution in [3.8, 4) is 11.6 Å². The summed E-state index contributed by atoms with van der Waals surface area (Å²) in [6.07, 6.45) is 3.43. The smallest absolute Gasteiger partial charge is 0.227 e. The Kier molecular flexibility index (Phi) is 4.93. The van der Waals surface area contributed by atoms with Crippen molar-refractivity contribution in [3.63, 3.8) is 0 Å². The molecular formula is C16H21N3O. The first-order valence-corrected chi connectivity index (χ1v) is 7.06. The van der Waals surface area contributed by atoms with Crippen LogP contribution in [0.3, 0.4) is 0 Å². The maximum atomic E-state index is 5.91. The molecule has 4 heteroatoms. The van der Waals surface area contributed by atoms with Crippen LogP contribution in [0.5, 0.6) is 11.6 Å². The molecular weight excluding hydrogens is 250 g/mol. The molecule has 0 bridgehead atoms. The van der Waals surface area contributed by atoms with E-state index in [-0.39, 0.29) is 0 Å². The highest BCUT2D eigenvalue weighted by molar-refractivity contribution is 5.49. The van der Waals surface area contributed by atoms with Gasteiger partial charge in [0.1, 0.15) is 17.9 Å². The molecule has 106 valence electrons. The summed E-state index contributed by atoms with van der Waals surface area (Å²) in [5.74, 6) is 2.30. The van der Waals surface area contributed by atoms with Crippen molar-refractivity contribution < 1.29 is 4.74 Å². The van der Waals surface area contributed by atoms with Crippen molar-refractivity contribution in [3.05, 3.63) is 41.7 Å². The molecule has 4 nitrogen and oxygen atoms in total. The van der Waals surface area contributed by atoms with Gasteiger partial charge in [-0.15, -0.1) is 0 Å². The summed E-state index contributed by atoms with van der Waals surface area (Å²) in [6.45, 7) is 7.15. The van der Waals surface area contributed by atoms with E-state index in [4.69, 9.17) is 4.74 Å². The van der Waals surface area contributed by atoms with Crippen molar-refractivity contribution in [2.24, 2.45) is 0 Å². The molecule has 1 N–H and O–H groups in total. The van der Waals surface area contributed by atoms with Crippen LogP contribution in [0.1, 0.15) is 31.4 Å². The number of nitrogens with zero attached hydrogens (tertiary/aromatic N) is 2. The monoisotopic (exact) mass is 271 g/mol. The third-order valence-corrected chi connectivity index (χ3v) is 3.01. The molecule has 0 amide bonds. The Bertz CT molecular complexity index is 569. The fourth-order valence-corrected chi connectivity index (χ4v) is 1.99. The van der Waals surface area contributed by atoms with Crippen LogP contribution < -0.4 is 10.1 Å². The number of ether oxygens (including phenoxy) is 1. The molecule has 2 rings (SSSR count). The lowest BCUT2D eigenvalue weighted by molar-refractivity contribution is 0.455. The second kappa shape index (κ2) is 6.89. The fraction of sp³-hybridized carbons (Fsp3) is 0.375. The van der Waals surface area contributed by atoms with Crippen molar-refractivity contribution in [1.29, 1.82) is 0 Å². The number of anilines is 1. The van der Waals surface area contributed by atoms with E-state index >= 15 is 0 Å². The van der Waals surface area contributed by atoms with Gasteiger partial charge in [-0.2, -0.15) is 0 Å². The van der Waals surface area contributed by atoms with E-state index in [9.17, 15) is 0 Å². The van der Waals surface area contributed by atoms with Gasteiger partial charge < -0.3 is 10.1 Å². The van der Waals surface area contributed by atoms with E-state index in [1.807, 2.05) is 31.2 Å². The average molecular weight is 271 g/mol. The molecule has 0 saturated carbocycles. The minimum Gasteiger partial charge on any atom is -0.439 e. The maximum absolute atomic E-state index is 5.91. The predicted octanol–water partition coefficient (Wildman–Crippen LogP) is 3.96. The quantitative estimate of drug-likeness (QED) is 0.863. The Labute approximate surface area is 120 Å². The van der Waals surface area contributed by atoms with Gasteiger partial charge in [0.15, 0.2) is 0 Å². The third kappa shape index (κ3) is 3.47. The first-order chi connectivity index (χ1) is 9.74. The van der Waals surface area contributed by atoms with E-state index in [0.29, 0.717) is 5.88 Å². The highest BCUT2D eigenvalue weighted by atomic mass is 16.5. The number of aromatic nitrogens is 2. The molecule has 0 unspecified atom stereocenters. The number of aryl methyl sites for hydroxylation is 1. The molecule has 20 heavy (non-hydrogen) atoms. The third-order valence-electron chi connectivity index (χ3n) is 3.01. The van der Waals surface area contributed by atoms with Gasteiger partial charge >= 0.3 is 0 Å². The Balaban J connectivity index is 2.26. The molecule has 0 aliphatic carbocycles. The van der Waals surface area contributed by atoms with Gasteiger partial charge in [0.05, 0.1) is 5.56 Å². The highest BCUT2D eigenvalue weighted by Crippen LogP contribution is 2.27. The van der Waals surface area contributed by atoms with Gasteiger partial charge in [-0.1, -0.05) is 26.0 Å². The van der Waals surface area contributed by atoms with Gasteiger partial charge in [0.2, 0.25) is 5.88 Å². The van der Waals surface area contributed by atoms with Crippen LogP contribution in [-0.2, 0) is 6.42 Å². The second-order valence-electron chi connectivity index (χ2n) is 4.70. The van der Waals surface area contributed by atoms with Gasteiger partial charge in [-0.05, 0) is 37.5 Å². The first-order valence-electron chi connectivity index (χ1n) is 7.06. The Hall–Kier alpha value is -2.10. The molecule has 1 heterocycles. The topological polar surface area (TPSA) is 47.0 Å². The molecule has 0 aliphatic rings. The first kappa shape index (κ1) is 14.3. The van der Waals surface area contributed by atoms with Crippen LogP contribution in [0, 0.1) is 6.92 Å². The zero-order chi connectivity index (χ0) is 14.4. The van der Waals surface area contributed by atoms with E-state index in [1.165, 1.54) is 5.56 Å². The van der Waals surface area contributed by atoms with Crippen molar-refractivity contribution in [2.45, 2.75) is 33.6 Å². The molecule has 0 atom stereocenters. The number of hydrogen-bond donors (Lipinski definition) is 1. The zero-order valence-electron chi connectivity index (χ0n) is 12.3. The molecule has 0 fully saturated rings. The number of benzene rings is 1. The number of hydrogen-bond acceptors (Lipinski definition) is 4. The van der Waals surface area contributed by atoms with Crippen LogP contribution in [0.15, 0.2) is 30.6 Å². The summed E-state index contributed by atoms with van der Waals surface area (Å²) in [5.41, 5.74) is 2.18. The Morgan fingerprint density at radius 1 is 1.20 bits per heavy atom. The zero-order valence-corrected chi connectivity index (χ0v) is 12.3. The van der Waals surface area contributed by atoms with Crippen LogP contribution in [0.4, 0.5) is 5.82 Å². The van der Waals surface area contributed by atoms with Gasteiger partial charge in [-0.25, -0.2) is 9.97 Å². The largest absolute Gasteiger partial charge is 0.439 e. The van der Waals surface area contributed by atoms with E-state index in [1.54, 1.807) is 6.33 Å². The molecule has 0 radical (unpaired) electrons. The summed E-state index contributed by atoms with van der Waals surface area (Å²) in [7, 11) is 0. The summed E-state index contributed by atoms with van der Waals surface area (Å²) in [6, 6.07) is 7.96. The SMILES string of the molecule is CCCNc1ncnc(Oc2cccc(C)c2)c1CC. The maximum Gasteiger partial charge on any atom is 0.227 e. The summed E-state index contributed by atoms with van der Waals surface area (Å²) >= 11 is 0. The molecule has 1 aromatic carbocycles. The lowest BCUT2D eigenvalue weighted by Crippen LogP contribution is -2.07. The predicted molar refractivity (Wildman–Crippen MR) is 81.4 cm³/mol. The van der Waals surface area contributed by atoms with Gasteiger partial charge in [0.25, 0.3) is 0 Å². The Morgan fingerprint density at radius 3 is 2.75 bits per heavy atom. The average Bonchev–Trinajstić information content (AvgIpc) is 2.45. The standard InChI is InChI=1S/C16H21N3O/c1-4-9-17-15-14(5-2)16(19-11-18-15)20-13-8-6-7-12(3)10-13/h6-8,10-11H,4-5,9H2,1-3H3,(H,17,18,19). The van der Waals surface area contributed by atoms with Crippen LogP contribution >= 0.6 is 0 Å². The lowest BCUT2D eigenvalue weighted by Gasteiger charge is -2.13. The van der Waals surface area contributed by atoms with Gasteiger partial charge in [-0.3, -0.25) is 0 Å². The minimum atomic E-state index is 0.631. The van der Waals surface area contributed by atoms with Crippen LogP contribution in [0.2, 0.25) is 0 Å². The normalized spacial score (nSPS) is 10.3. The number of nitrogens with one attached hydrogen (secondary N) is 1. The summed E-state index contributed by atoms with van der Waals surface area (Å²) < 4.78 is 5.91. The van der Waals surface area contributed by atoms with Crippen molar-refractivity contribution >= 4 is 5.82 Å². The molecule has 0 saturated heterocycles. The Morgan fingerprint density at radius 2 is 2.05 bits per heavy atom. The number of rotatable bonds is 6. The van der Waals surface area contributed by atoms with E-state index < -0.39 is 0 Å². The van der Waals surface area contributed by atoms with Crippen LogP contribution in [0.25, 0.3) is 0 Å². The molecule has 1 aromatic heterocycles. The molecule has 0 spiro atoms. The van der Waals surface area contributed by atoms with Crippen LogP contribution in [-0.4, -0.2) is 16.5 Å². The fourth-order valence-electron chi connectivity index (χ4n) is 1.99. The minimum absolute atomic E-state index is 0.631. The lowest BCUT2D eigenvalue weighted by atomic mass is 10.2. The van der Waals surface area contributed by atoms with E-state index in [0.717, 1.165) is 36.5 Å². The van der Waals surface area contributed by atoms with E-state index in [2.05, 4.69) is 29.1 Å². The summed E-state index contributed by atoms with van der Waals surface area (Å²) in [4.78, 5) is 8.57. The molecule has 0 aliphatic heterocycles.